The van der Waals surface area contributed by atoms with E-state index in [9.17, 15) is 0 Å². The van der Waals surface area contributed by atoms with Crippen LogP contribution in [0.5, 0.6) is 11.5 Å². The maximum atomic E-state index is 5.23. The van der Waals surface area contributed by atoms with Crippen LogP contribution in [0.25, 0.3) is 0 Å². The summed E-state index contributed by atoms with van der Waals surface area (Å²) in [6.45, 7) is 2.08. The van der Waals surface area contributed by atoms with Gasteiger partial charge in [-0.25, -0.2) is 10.3 Å². The highest BCUT2D eigenvalue weighted by Gasteiger charge is 2.12. The molecule has 0 heterocycles. The zero-order valence-corrected chi connectivity index (χ0v) is 16.4. The highest BCUT2D eigenvalue weighted by atomic mass is 35.5. The van der Waals surface area contributed by atoms with Gasteiger partial charge in [-0.2, -0.15) is 0 Å². The van der Waals surface area contributed by atoms with Crippen molar-refractivity contribution in [2.45, 2.75) is 6.92 Å². The van der Waals surface area contributed by atoms with E-state index in [1.54, 1.807) is 14.2 Å². The van der Waals surface area contributed by atoms with Gasteiger partial charge >= 0.3 is 0 Å². The Morgan fingerprint density at radius 3 is 1.78 bits per heavy atom. The molecule has 2 N–H and O–H groups in total. The molecule has 0 saturated heterocycles. The quantitative estimate of drug-likeness (QED) is 0.492. The minimum atomic E-state index is 0. The van der Waals surface area contributed by atoms with Gasteiger partial charge in [0.15, 0.2) is 0 Å². The molecule has 0 fully saturated rings. The number of halogens is 1. The Morgan fingerprint density at radius 1 is 0.741 bits per heavy atom. The van der Waals surface area contributed by atoms with Crippen LogP contribution < -0.4 is 32.2 Å². The van der Waals surface area contributed by atoms with E-state index in [1.807, 2.05) is 48.5 Å². The van der Waals surface area contributed by atoms with Crippen LogP contribution in [0.3, 0.4) is 0 Å². The van der Waals surface area contributed by atoms with Crippen molar-refractivity contribution in [1.29, 1.82) is 0 Å². The molecule has 0 aromatic heterocycles. The summed E-state index contributed by atoms with van der Waals surface area (Å²) in [5.41, 5.74) is 4.24. The summed E-state index contributed by atoms with van der Waals surface area (Å²) in [6, 6.07) is 24.1. The maximum absolute atomic E-state index is 5.23. The van der Waals surface area contributed by atoms with Crippen molar-refractivity contribution in [3.8, 4) is 11.5 Å². The van der Waals surface area contributed by atoms with E-state index in [0.717, 1.165) is 34.3 Å². The van der Waals surface area contributed by atoms with Gasteiger partial charge in [-0.15, -0.1) is 0 Å². The zero-order valence-electron chi connectivity index (χ0n) is 15.6. The molecule has 0 bridgehead atoms. The number of nitrogens with one attached hydrogen (secondary N) is 2. The molecule has 5 heteroatoms. The monoisotopic (exact) mass is 382 g/mol. The predicted octanol–water partition coefficient (Wildman–Crippen LogP) is 0.287. The van der Waals surface area contributed by atoms with Gasteiger partial charge in [0, 0.05) is 0 Å². The van der Waals surface area contributed by atoms with Crippen molar-refractivity contribution in [3.05, 3.63) is 83.9 Å². The van der Waals surface area contributed by atoms with E-state index in [-0.39, 0.29) is 12.4 Å². The number of anilines is 1. The molecule has 27 heavy (non-hydrogen) atoms. The Balaban J connectivity index is 0.00000261. The summed E-state index contributed by atoms with van der Waals surface area (Å²) in [6.07, 6.45) is 0. The first-order valence-electron chi connectivity index (χ1n) is 8.44. The standard InChI is InChI=1S/C22H22N2O2.ClH/c1-16-4-6-17(7-5-16)22(23-18-8-12-20(25-2)13-9-18)24-19-10-14-21(26-3)15-11-19;/h4-15H,1-3H3,(H,23,24);1H. The van der Waals surface area contributed by atoms with Crippen molar-refractivity contribution in [3.63, 3.8) is 0 Å². The lowest BCUT2D eigenvalue weighted by molar-refractivity contribution is -0.353. The van der Waals surface area contributed by atoms with Crippen LogP contribution in [0.4, 0.5) is 11.4 Å². The molecule has 0 atom stereocenters. The summed E-state index contributed by atoms with van der Waals surface area (Å²) in [5.74, 6) is 2.56. The normalized spacial score (nSPS) is 10.7. The second-order valence-electron chi connectivity index (χ2n) is 5.95. The summed E-state index contributed by atoms with van der Waals surface area (Å²) in [7, 11) is 3.33. The molecular weight excluding hydrogens is 360 g/mol. The Morgan fingerprint density at radius 2 is 1.26 bits per heavy atom. The number of ether oxygens (including phenoxy) is 2. The van der Waals surface area contributed by atoms with Crippen molar-refractivity contribution in [1.82, 2.24) is 0 Å². The highest BCUT2D eigenvalue weighted by Crippen LogP contribution is 2.16. The van der Waals surface area contributed by atoms with Crippen LogP contribution in [0.1, 0.15) is 11.1 Å². The van der Waals surface area contributed by atoms with Crippen molar-refractivity contribution >= 4 is 17.2 Å². The van der Waals surface area contributed by atoms with Gasteiger partial charge in [-0.3, -0.25) is 0 Å². The van der Waals surface area contributed by atoms with E-state index in [2.05, 4.69) is 41.5 Å². The number of aryl methyl sites for hydroxylation is 1. The average Bonchev–Trinajstić information content (AvgIpc) is 2.69. The second-order valence-corrected chi connectivity index (χ2v) is 5.95. The van der Waals surface area contributed by atoms with E-state index in [1.165, 1.54) is 5.56 Å². The summed E-state index contributed by atoms with van der Waals surface area (Å²) < 4.78 is 10.5. The molecule has 0 radical (unpaired) electrons. The molecule has 0 aliphatic heterocycles. The SMILES string of the molecule is COc1ccc(NC(=[NH+]c2ccc(OC)cc2)c2ccc(C)cc2)cc1.[Cl-]. The lowest BCUT2D eigenvalue weighted by Gasteiger charge is -2.06. The Labute approximate surface area is 166 Å². The Kier molecular flexibility index (Phi) is 7.26. The van der Waals surface area contributed by atoms with Crippen LogP contribution >= 0.6 is 0 Å². The van der Waals surface area contributed by atoms with Crippen molar-refractivity contribution < 1.29 is 26.9 Å². The molecule has 3 rings (SSSR count). The fraction of sp³-hybridized carbons (Fsp3) is 0.136. The third-order valence-corrected chi connectivity index (χ3v) is 4.06. The fourth-order valence-corrected chi connectivity index (χ4v) is 2.53. The predicted molar refractivity (Wildman–Crippen MR) is 106 cm³/mol. The minimum absolute atomic E-state index is 0. The topological polar surface area (TPSA) is 44.5 Å². The minimum Gasteiger partial charge on any atom is -1.00 e. The second kappa shape index (κ2) is 9.64. The van der Waals surface area contributed by atoms with Crippen LogP contribution in [0.2, 0.25) is 0 Å². The smallest absolute Gasteiger partial charge is 0.285 e. The number of methoxy groups -OCH3 is 2. The van der Waals surface area contributed by atoms with Gasteiger partial charge in [0.25, 0.3) is 5.84 Å². The van der Waals surface area contributed by atoms with E-state index < -0.39 is 0 Å². The molecule has 140 valence electrons. The number of hydrogen-bond acceptors (Lipinski definition) is 2. The first-order valence-corrected chi connectivity index (χ1v) is 8.44. The molecule has 4 nitrogen and oxygen atoms in total. The van der Waals surface area contributed by atoms with E-state index >= 15 is 0 Å². The third-order valence-electron chi connectivity index (χ3n) is 4.06. The maximum Gasteiger partial charge on any atom is 0.285 e. The van der Waals surface area contributed by atoms with Crippen LogP contribution in [-0.2, 0) is 0 Å². The average molecular weight is 383 g/mol. The van der Waals surface area contributed by atoms with Gasteiger partial charge < -0.3 is 21.9 Å². The van der Waals surface area contributed by atoms with Crippen LogP contribution in [-0.4, -0.2) is 20.1 Å². The third kappa shape index (κ3) is 5.50. The number of rotatable bonds is 5. The van der Waals surface area contributed by atoms with Gasteiger partial charge in [0.2, 0.25) is 0 Å². The van der Waals surface area contributed by atoms with Crippen LogP contribution in [0.15, 0.2) is 72.8 Å². The summed E-state index contributed by atoms with van der Waals surface area (Å²) in [4.78, 5) is 3.46. The molecule has 0 amide bonds. The van der Waals surface area contributed by atoms with Gasteiger partial charge in [-0.1, -0.05) is 17.7 Å². The molecular formula is C22H23ClN2O2. The highest BCUT2D eigenvalue weighted by molar-refractivity contribution is 6.04. The van der Waals surface area contributed by atoms with Gasteiger partial charge in [0.1, 0.15) is 22.9 Å². The summed E-state index contributed by atoms with van der Waals surface area (Å²) >= 11 is 0. The first kappa shape index (κ1) is 20.3. The molecule has 0 spiro atoms. The molecule has 0 unspecified atom stereocenters. The lowest BCUT2D eigenvalue weighted by atomic mass is 10.1. The van der Waals surface area contributed by atoms with Crippen molar-refractivity contribution in [2.75, 3.05) is 19.5 Å². The van der Waals surface area contributed by atoms with E-state index in [0.29, 0.717) is 0 Å². The summed E-state index contributed by atoms with van der Waals surface area (Å²) in [5, 5.41) is 3.46. The van der Waals surface area contributed by atoms with Crippen molar-refractivity contribution in [2.24, 2.45) is 0 Å². The first-order chi connectivity index (χ1) is 12.7. The molecule has 3 aromatic carbocycles. The molecule has 0 saturated carbocycles. The Hall–Kier alpha value is -2.98. The Bertz CT molecular complexity index is 874. The van der Waals surface area contributed by atoms with E-state index in [4.69, 9.17) is 9.47 Å². The number of hydrogen-bond donors (Lipinski definition) is 2. The number of amidine groups is 1. The van der Waals surface area contributed by atoms with Gasteiger partial charge in [-0.05, 0) is 67.6 Å². The van der Waals surface area contributed by atoms with Gasteiger partial charge in [0.05, 0.1) is 19.8 Å². The number of benzene rings is 3. The zero-order chi connectivity index (χ0) is 18.4. The molecule has 0 aliphatic carbocycles. The molecule has 3 aromatic rings. The van der Waals surface area contributed by atoms with Crippen LogP contribution in [0, 0.1) is 6.92 Å². The lowest BCUT2D eigenvalue weighted by Crippen LogP contribution is -3.00. The molecule has 0 aliphatic rings. The largest absolute Gasteiger partial charge is 1.00 e. The fourth-order valence-electron chi connectivity index (χ4n) is 2.53.